The number of imidazole rings is 1. The number of nitrogens with zero attached hydrogens (tertiary/aromatic N) is 4. The SMILES string of the molecule is CCCc1nn(C)c2c1nc(CCl)n2CC1(CC)CCC1. The van der Waals surface area contributed by atoms with Gasteiger partial charge in [-0.05, 0) is 31.1 Å². The summed E-state index contributed by atoms with van der Waals surface area (Å²) in [6.07, 6.45) is 7.31. The summed E-state index contributed by atoms with van der Waals surface area (Å²) in [5.41, 5.74) is 3.76. The van der Waals surface area contributed by atoms with Crippen LogP contribution in [-0.2, 0) is 25.9 Å². The maximum atomic E-state index is 6.16. The van der Waals surface area contributed by atoms with Gasteiger partial charge in [-0.1, -0.05) is 26.7 Å². The van der Waals surface area contributed by atoms with Gasteiger partial charge in [0.2, 0.25) is 0 Å². The van der Waals surface area contributed by atoms with Gasteiger partial charge >= 0.3 is 0 Å². The van der Waals surface area contributed by atoms with E-state index >= 15 is 0 Å². The predicted molar refractivity (Wildman–Crippen MR) is 86.6 cm³/mol. The molecule has 0 radical (unpaired) electrons. The van der Waals surface area contributed by atoms with Crippen LogP contribution in [0.25, 0.3) is 11.2 Å². The zero-order valence-electron chi connectivity index (χ0n) is 13.3. The van der Waals surface area contributed by atoms with Gasteiger partial charge in [0.15, 0.2) is 5.65 Å². The normalized spacial score (nSPS) is 17.3. The lowest BCUT2D eigenvalue weighted by molar-refractivity contribution is 0.101. The van der Waals surface area contributed by atoms with Crippen LogP contribution in [-0.4, -0.2) is 19.3 Å². The molecule has 0 saturated heterocycles. The van der Waals surface area contributed by atoms with Crippen LogP contribution in [0.1, 0.15) is 57.5 Å². The highest BCUT2D eigenvalue weighted by atomic mass is 35.5. The number of rotatable bonds is 6. The van der Waals surface area contributed by atoms with E-state index in [1.165, 1.54) is 25.7 Å². The first kappa shape index (κ1) is 14.9. The van der Waals surface area contributed by atoms with Crippen molar-refractivity contribution in [1.82, 2.24) is 19.3 Å². The van der Waals surface area contributed by atoms with Gasteiger partial charge in [-0.2, -0.15) is 5.10 Å². The molecule has 4 nitrogen and oxygen atoms in total. The minimum atomic E-state index is 0.448. The van der Waals surface area contributed by atoms with E-state index < -0.39 is 0 Å². The third-order valence-corrected chi connectivity index (χ3v) is 5.37. The molecule has 1 saturated carbocycles. The maximum absolute atomic E-state index is 6.16. The van der Waals surface area contributed by atoms with Gasteiger partial charge in [0.25, 0.3) is 0 Å². The first-order valence-corrected chi connectivity index (χ1v) is 8.64. The summed E-state index contributed by atoms with van der Waals surface area (Å²) in [6, 6.07) is 0. The maximum Gasteiger partial charge on any atom is 0.158 e. The Morgan fingerprint density at radius 1 is 1.29 bits per heavy atom. The van der Waals surface area contributed by atoms with Crippen molar-refractivity contribution in [2.45, 2.75) is 64.8 Å². The van der Waals surface area contributed by atoms with Crippen LogP contribution in [0.5, 0.6) is 0 Å². The Kier molecular flexibility index (Phi) is 4.00. The minimum Gasteiger partial charge on any atom is -0.311 e. The standard InChI is InChI=1S/C16H25ClN4/c1-4-7-12-14-15(20(3)19-12)21(13(10-17)18-14)11-16(5-2)8-6-9-16/h4-11H2,1-3H3. The van der Waals surface area contributed by atoms with Gasteiger partial charge < -0.3 is 4.57 Å². The van der Waals surface area contributed by atoms with Crippen molar-refractivity contribution in [3.8, 4) is 0 Å². The molecule has 0 aliphatic heterocycles. The van der Waals surface area contributed by atoms with Gasteiger partial charge in [0, 0.05) is 13.6 Å². The largest absolute Gasteiger partial charge is 0.311 e. The molecular weight excluding hydrogens is 284 g/mol. The van der Waals surface area contributed by atoms with E-state index in [0.29, 0.717) is 11.3 Å². The first-order chi connectivity index (χ1) is 10.1. The average Bonchev–Trinajstić information content (AvgIpc) is 2.93. The van der Waals surface area contributed by atoms with Crippen molar-refractivity contribution >= 4 is 22.8 Å². The molecule has 0 spiro atoms. The Balaban J connectivity index is 2.07. The number of hydrogen-bond acceptors (Lipinski definition) is 2. The smallest absolute Gasteiger partial charge is 0.158 e. The lowest BCUT2D eigenvalue weighted by Crippen LogP contribution is -2.34. The molecule has 2 aromatic heterocycles. The van der Waals surface area contributed by atoms with Crippen molar-refractivity contribution in [1.29, 1.82) is 0 Å². The van der Waals surface area contributed by atoms with E-state index in [0.717, 1.165) is 42.1 Å². The number of hydrogen-bond donors (Lipinski definition) is 0. The topological polar surface area (TPSA) is 35.6 Å². The van der Waals surface area contributed by atoms with Gasteiger partial charge in [-0.25, -0.2) is 4.98 Å². The molecule has 0 aromatic carbocycles. The monoisotopic (exact) mass is 308 g/mol. The van der Waals surface area contributed by atoms with Crippen LogP contribution in [0, 0.1) is 5.41 Å². The Morgan fingerprint density at radius 2 is 2.05 bits per heavy atom. The molecule has 0 amide bonds. The Hall–Kier alpha value is -1.03. The van der Waals surface area contributed by atoms with E-state index in [1.54, 1.807) is 0 Å². The van der Waals surface area contributed by atoms with Gasteiger partial charge in [0.05, 0.1) is 11.6 Å². The Bertz CT molecular complexity index is 631. The molecule has 116 valence electrons. The lowest BCUT2D eigenvalue weighted by atomic mass is 9.67. The quantitative estimate of drug-likeness (QED) is 0.755. The second-order valence-electron chi connectivity index (χ2n) is 6.45. The molecule has 3 rings (SSSR count). The van der Waals surface area contributed by atoms with Crippen molar-refractivity contribution in [2.24, 2.45) is 12.5 Å². The number of aryl methyl sites for hydroxylation is 2. The number of aromatic nitrogens is 4. The fourth-order valence-corrected chi connectivity index (χ4v) is 3.80. The van der Waals surface area contributed by atoms with Crippen LogP contribution in [0.15, 0.2) is 0 Å². The van der Waals surface area contributed by atoms with Crippen molar-refractivity contribution in [3.63, 3.8) is 0 Å². The minimum absolute atomic E-state index is 0.448. The van der Waals surface area contributed by atoms with E-state index in [9.17, 15) is 0 Å². The molecule has 1 fully saturated rings. The van der Waals surface area contributed by atoms with E-state index in [4.69, 9.17) is 16.6 Å². The third kappa shape index (κ3) is 2.37. The Labute approximate surface area is 131 Å². The summed E-state index contributed by atoms with van der Waals surface area (Å²) in [5, 5.41) is 4.67. The van der Waals surface area contributed by atoms with Gasteiger partial charge in [-0.15, -0.1) is 11.6 Å². The van der Waals surface area contributed by atoms with Gasteiger partial charge in [0.1, 0.15) is 11.3 Å². The fraction of sp³-hybridized carbons (Fsp3) is 0.750. The summed E-state index contributed by atoms with van der Waals surface area (Å²) >= 11 is 6.16. The molecular formula is C16H25ClN4. The third-order valence-electron chi connectivity index (χ3n) is 5.13. The van der Waals surface area contributed by atoms with E-state index in [-0.39, 0.29) is 0 Å². The molecule has 0 bridgehead atoms. The molecule has 0 N–H and O–H groups in total. The Morgan fingerprint density at radius 3 is 2.57 bits per heavy atom. The number of fused-ring (bicyclic) bond motifs is 1. The second kappa shape index (κ2) is 5.64. The predicted octanol–water partition coefficient (Wildman–Crippen LogP) is 4.04. The van der Waals surface area contributed by atoms with Crippen LogP contribution >= 0.6 is 11.6 Å². The van der Waals surface area contributed by atoms with Crippen LogP contribution in [0.4, 0.5) is 0 Å². The number of alkyl halides is 1. The van der Waals surface area contributed by atoms with E-state index in [1.807, 2.05) is 11.7 Å². The zero-order chi connectivity index (χ0) is 15.0. The summed E-state index contributed by atoms with van der Waals surface area (Å²) in [4.78, 5) is 4.80. The summed E-state index contributed by atoms with van der Waals surface area (Å²) in [7, 11) is 2.02. The van der Waals surface area contributed by atoms with Crippen molar-refractivity contribution in [3.05, 3.63) is 11.5 Å². The van der Waals surface area contributed by atoms with Crippen LogP contribution in [0.2, 0.25) is 0 Å². The summed E-state index contributed by atoms with van der Waals surface area (Å²) in [6.45, 7) is 5.52. The average molecular weight is 309 g/mol. The molecule has 2 aromatic rings. The number of halogens is 1. The first-order valence-electron chi connectivity index (χ1n) is 8.11. The fourth-order valence-electron chi connectivity index (χ4n) is 3.60. The van der Waals surface area contributed by atoms with Crippen molar-refractivity contribution in [2.75, 3.05) is 0 Å². The zero-order valence-corrected chi connectivity index (χ0v) is 14.1. The highest BCUT2D eigenvalue weighted by Crippen LogP contribution is 2.46. The van der Waals surface area contributed by atoms with E-state index in [2.05, 4.69) is 23.5 Å². The highest BCUT2D eigenvalue weighted by molar-refractivity contribution is 6.16. The second-order valence-corrected chi connectivity index (χ2v) is 6.71. The van der Waals surface area contributed by atoms with Crippen molar-refractivity contribution < 1.29 is 0 Å². The molecule has 1 aliphatic rings. The van der Waals surface area contributed by atoms with Crippen LogP contribution in [0.3, 0.4) is 0 Å². The molecule has 1 aliphatic carbocycles. The lowest BCUT2D eigenvalue weighted by Gasteiger charge is -2.41. The molecule has 2 heterocycles. The molecule has 0 unspecified atom stereocenters. The summed E-state index contributed by atoms with van der Waals surface area (Å²) in [5.74, 6) is 1.47. The highest BCUT2D eigenvalue weighted by Gasteiger charge is 2.36. The van der Waals surface area contributed by atoms with Crippen LogP contribution < -0.4 is 0 Å². The molecule has 0 atom stereocenters. The molecule has 21 heavy (non-hydrogen) atoms. The molecule has 5 heteroatoms. The van der Waals surface area contributed by atoms with Gasteiger partial charge in [-0.3, -0.25) is 4.68 Å². The summed E-state index contributed by atoms with van der Waals surface area (Å²) < 4.78 is 4.32.